The summed E-state index contributed by atoms with van der Waals surface area (Å²) >= 11 is 0. The van der Waals surface area contributed by atoms with Gasteiger partial charge in [-0.15, -0.1) is 10.2 Å². The van der Waals surface area contributed by atoms with E-state index in [0.717, 1.165) is 43.1 Å². The summed E-state index contributed by atoms with van der Waals surface area (Å²) in [4.78, 5) is 7.16. The number of fused-ring (bicyclic) bond motifs is 2. The number of para-hydroxylation sites is 1. The molecule has 0 aliphatic carbocycles. The Labute approximate surface area is 159 Å². The molecule has 0 N–H and O–H groups in total. The van der Waals surface area contributed by atoms with Crippen LogP contribution in [0.2, 0.25) is 0 Å². The summed E-state index contributed by atoms with van der Waals surface area (Å²) in [5, 5.41) is 10.2. The van der Waals surface area contributed by atoms with Crippen LogP contribution in [-0.2, 0) is 13.0 Å². The van der Waals surface area contributed by atoms with Crippen molar-refractivity contribution in [2.75, 3.05) is 25.1 Å². The number of aryl methyl sites for hydroxylation is 2. The first-order valence-corrected chi connectivity index (χ1v) is 9.85. The maximum Gasteiger partial charge on any atom is 0.145 e. The molecule has 1 saturated heterocycles. The van der Waals surface area contributed by atoms with Crippen molar-refractivity contribution in [3.05, 3.63) is 41.6 Å². The quantitative estimate of drug-likeness (QED) is 0.713. The molecule has 1 aromatic carbocycles. The summed E-state index contributed by atoms with van der Waals surface area (Å²) in [6, 6.07) is 6.19. The first-order valence-electron chi connectivity index (χ1n) is 9.85. The summed E-state index contributed by atoms with van der Waals surface area (Å²) < 4.78 is 7.89. The Morgan fingerprint density at radius 2 is 2.07 bits per heavy atom. The fourth-order valence-electron chi connectivity index (χ4n) is 4.73. The van der Waals surface area contributed by atoms with Crippen LogP contribution in [-0.4, -0.2) is 39.9 Å². The van der Waals surface area contributed by atoms with Crippen LogP contribution in [0.1, 0.15) is 42.4 Å². The molecule has 2 aromatic heterocycles. The lowest BCUT2D eigenvalue weighted by Crippen LogP contribution is -2.36. The Kier molecular flexibility index (Phi) is 3.99. The fourth-order valence-corrected chi connectivity index (χ4v) is 4.73. The zero-order valence-corrected chi connectivity index (χ0v) is 16.0. The van der Waals surface area contributed by atoms with Crippen molar-refractivity contribution < 1.29 is 4.74 Å². The molecule has 140 valence electrons. The second kappa shape index (κ2) is 6.51. The molecule has 0 spiro atoms. The Morgan fingerprint density at radius 3 is 2.96 bits per heavy atom. The highest BCUT2D eigenvalue weighted by Crippen LogP contribution is 2.37. The number of aromatic nitrogens is 4. The highest BCUT2D eigenvalue weighted by Gasteiger charge is 2.29. The van der Waals surface area contributed by atoms with Gasteiger partial charge in [0.05, 0.1) is 12.8 Å². The molecule has 0 bridgehead atoms. The molecular weight excluding hydrogens is 338 g/mol. The molecule has 5 rings (SSSR count). The Bertz CT molecular complexity index is 996. The van der Waals surface area contributed by atoms with Crippen molar-refractivity contribution in [1.82, 2.24) is 19.7 Å². The van der Waals surface area contributed by atoms with Gasteiger partial charge < -0.3 is 14.2 Å². The third-order valence-electron chi connectivity index (χ3n) is 5.98. The lowest BCUT2D eigenvalue weighted by Gasteiger charge is -2.35. The van der Waals surface area contributed by atoms with Gasteiger partial charge in [-0.05, 0) is 37.8 Å². The van der Waals surface area contributed by atoms with Crippen LogP contribution in [0.5, 0.6) is 5.75 Å². The molecule has 27 heavy (non-hydrogen) atoms. The zero-order valence-electron chi connectivity index (χ0n) is 16.0. The molecule has 3 aromatic rings. The molecule has 4 heterocycles. The second-order valence-corrected chi connectivity index (χ2v) is 7.66. The number of methoxy groups -OCH3 is 1. The highest BCUT2D eigenvalue weighted by atomic mass is 16.5. The average molecular weight is 363 g/mol. The topological polar surface area (TPSA) is 56.1 Å². The van der Waals surface area contributed by atoms with Gasteiger partial charge in [-0.1, -0.05) is 12.1 Å². The molecule has 0 radical (unpaired) electrons. The summed E-state index contributed by atoms with van der Waals surface area (Å²) in [5.41, 5.74) is 3.43. The number of pyridine rings is 1. The predicted octanol–water partition coefficient (Wildman–Crippen LogP) is 3.47. The molecule has 1 unspecified atom stereocenters. The first-order chi connectivity index (χ1) is 13.3. The van der Waals surface area contributed by atoms with E-state index in [2.05, 4.69) is 43.7 Å². The standard InChI is InChI=1S/C21H25N5O/c1-14-12-22-19-16(7-3-8-17(19)27-2)20(14)25-10-4-6-15(13-25)21-24-23-18-9-5-11-26(18)21/h3,7-8,12,15H,4-6,9-11,13H2,1-2H3. The van der Waals surface area contributed by atoms with Gasteiger partial charge in [-0.3, -0.25) is 4.98 Å². The summed E-state index contributed by atoms with van der Waals surface area (Å²) in [7, 11) is 1.71. The van der Waals surface area contributed by atoms with E-state index in [1.54, 1.807) is 7.11 Å². The molecule has 0 amide bonds. The minimum absolute atomic E-state index is 0.436. The summed E-state index contributed by atoms with van der Waals surface area (Å²) in [6.07, 6.45) is 6.58. The molecule has 1 fully saturated rings. The van der Waals surface area contributed by atoms with Gasteiger partial charge in [0.25, 0.3) is 0 Å². The first kappa shape index (κ1) is 16.5. The SMILES string of the molecule is COc1cccc2c(N3CCCC(c4nnc5n4CCC5)C3)c(C)cnc12. The summed E-state index contributed by atoms with van der Waals surface area (Å²) in [6.45, 7) is 5.27. The predicted molar refractivity (Wildman–Crippen MR) is 106 cm³/mol. The van der Waals surface area contributed by atoms with Crippen molar-refractivity contribution in [3.63, 3.8) is 0 Å². The van der Waals surface area contributed by atoms with E-state index in [0.29, 0.717) is 5.92 Å². The third-order valence-corrected chi connectivity index (χ3v) is 5.98. The van der Waals surface area contributed by atoms with Gasteiger partial charge in [0.2, 0.25) is 0 Å². The van der Waals surface area contributed by atoms with Crippen molar-refractivity contribution in [1.29, 1.82) is 0 Å². The Balaban J connectivity index is 1.54. The average Bonchev–Trinajstić information content (AvgIpc) is 3.31. The van der Waals surface area contributed by atoms with Gasteiger partial charge in [0, 0.05) is 43.6 Å². The van der Waals surface area contributed by atoms with E-state index in [1.807, 2.05) is 12.3 Å². The smallest absolute Gasteiger partial charge is 0.145 e. The minimum atomic E-state index is 0.436. The number of nitrogens with zero attached hydrogens (tertiary/aromatic N) is 5. The van der Waals surface area contributed by atoms with Crippen LogP contribution >= 0.6 is 0 Å². The van der Waals surface area contributed by atoms with Crippen molar-refractivity contribution >= 4 is 16.6 Å². The van der Waals surface area contributed by atoms with Crippen molar-refractivity contribution in [3.8, 4) is 5.75 Å². The van der Waals surface area contributed by atoms with Gasteiger partial charge in [0.15, 0.2) is 0 Å². The molecule has 0 saturated carbocycles. The van der Waals surface area contributed by atoms with E-state index < -0.39 is 0 Å². The maximum absolute atomic E-state index is 5.54. The van der Waals surface area contributed by atoms with E-state index >= 15 is 0 Å². The van der Waals surface area contributed by atoms with Gasteiger partial charge in [-0.2, -0.15) is 0 Å². The van der Waals surface area contributed by atoms with E-state index in [1.165, 1.54) is 41.7 Å². The third kappa shape index (κ3) is 2.66. The molecule has 1 atom stereocenters. The zero-order chi connectivity index (χ0) is 18.4. The monoisotopic (exact) mass is 363 g/mol. The molecular formula is C21H25N5O. The number of hydrogen-bond donors (Lipinski definition) is 0. The largest absolute Gasteiger partial charge is 0.494 e. The van der Waals surface area contributed by atoms with E-state index in [9.17, 15) is 0 Å². The molecule has 6 nitrogen and oxygen atoms in total. The van der Waals surface area contributed by atoms with Crippen LogP contribution in [0.25, 0.3) is 10.9 Å². The number of ether oxygens (including phenoxy) is 1. The van der Waals surface area contributed by atoms with Crippen LogP contribution < -0.4 is 9.64 Å². The molecule has 2 aliphatic heterocycles. The van der Waals surface area contributed by atoms with Gasteiger partial charge in [0.1, 0.15) is 22.9 Å². The van der Waals surface area contributed by atoms with E-state index in [-0.39, 0.29) is 0 Å². The Hall–Kier alpha value is -2.63. The molecule has 2 aliphatic rings. The Morgan fingerprint density at radius 1 is 1.15 bits per heavy atom. The van der Waals surface area contributed by atoms with Crippen molar-refractivity contribution in [2.45, 2.75) is 45.1 Å². The number of rotatable bonds is 3. The number of hydrogen-bond acceptors (Lipinski definition) is 5. The van der Waals surface area contributed by atoms with Crippen LogP contribution in [0.4, 0.5) is 5.69 Å². The van der Waals surface area contributed by atoms with Gasteiger partial charge in [-0.25, -0.2) is 0 Å². The lowest BCUT2D eigenvalue weighted by atomic mass is 9.95. The lowest BCUT2D eigenvalue weighted by molar-refractivity contribution is 0.419. The minimum Gasteiger partial charge on any atom is -0.494 e. The highest BCUT2D eigenvalue weighted by molar-refractivity contribution is 5.96. The normalized spacial score (nSPS) is 19.5. The maximum atomic E-state index is 5.54. The molecule has 6 heteroatoms. The van der Waals surface area contributed by atoms with Crippen LogP contribution in [0.15, 0.2) is 24.4 Å². The van der Waals surface area contributed by atoms with Crippen LogP contribution in [0, 0.1) is 6.92 Å². The van der Waals surface area contributed by atoms with Gasteiger partial charge >= 0.3 is 0 Å². The number of anilines is 1. The fraction of sp³-hybridized carbons (Fsp3) is 0.476. The van der Waals surface area contributed by atoms with E-state index in [4.69, 9.17) is 4.74 Å². The summed E-state index contributed by atoms with van der Waals surface area (Å²) in [5.74, 6) is 3.61. The van der Waals surface area contributed by atoms with Crippen LogP contribution in [0.3, 0.4) is 0 Å². The van der Waals surface area contributed by atoms with Crippen molar-refractivity contribution in [2.24, 2.45) is 0 Å². The second-order valence-electron chi connectivity index (χ2n) is 7.66. The number of benzene rings is 1. The number of piperidine rings is 1.